The monoisotopic (exact) mass is 237 g/mol. The van der Waals surface area contributed by atoms with Crippen molar-refractivity contribution in [2.75, 3.05) is 13.6 Å². The third-order valence-corrected chi connectivity index (χ3v) is 3.67. The van der Waals surface area contributed by atoms with E-state index < -0.39 is 0 Å². The van der Waals surface area contributed by atoms with Crippen LogP contribution in [0.2, 0.25) is 0 Å². The van der Waals surface area contributed by atoms with Gasteiger partial charge >= 0.3 is 0 Å². The van der Waals surface area contributed by atoms with Gasteiger partial charge in [-0.2, -0.15) is 5.10 Å². The molecule has 0 spiro atoms. The molecule has 0 radical (unpaired) electrons. The van der Waals surface area contributed by atoms with Gasteiger partial charge in [0.25, 0.3) is 0 Å². The first-order valence-electron chi connectivity index (χ1n) is 6.76. The van der Waals surface area contributed by atoms with Crippen LogP contribution in [0.25, 0.3) is 0 Å². The van der Waals surface area contributed by atoms with E-state index in [4.69, 9.17) is 5.10 Å². The minimum Gasteiger partial charge on any atom is -0.319 e. The standard InChI is InChI=1S/C14H27N3/c1-7-13(8-2)17-12(5)14(11(4)16-17)10(3)9-15-6/h10,13,15H,7-9H2,1-6H3. The molecule has 0 aliphatic rings. The Balaban J connectivity index is 3.08. The zero-order valence-electron chi connectivity index (χ0n) is 12.2. The summed E-state index contributed by atoms with van der Waals surface area (Å²) in [4.78, 5) is 0. The number of hydrogen-bond acceptors (Lipinski definition) is 2. The Morgan fingerprint density at radius 3 is 2.29 bits per heavy atom. The molecule has 0 fully saturated rings. The molecule has 1 aromatic heterocycles. The molecular weight excluding hydrogens is 210 g/mol. The van der Waals surface area contributed by atoms with E-state index in [1.807, 2.05) is 7.05 Å². The largest absolute Gasteiger partial charge is 0.319 e. The van der Waals surface area contributed by atoms with Crippen LogP contribution in [0.15, 0.2) is 0 Å². The van der Waals surface area contributed by atoms with Crippen molar-refractivity contribution in [3.63, 3.8) is 0 Å². The van der Waals surface area contributed by atoms with Gasteiger partial charge in [-0.3, -0.25) is 4.68 Å². The van der Waals surface area contributed by atoms with Crippen molar-refractivity contribution < 1.29 is 0 Å². The van der Waals surface area contributed by atoms with E-state index in [1.165, 1.54) is 17.0 Å². The molecule has 1 rings (SSSR count). The zero-order chi connectivity index (χ0) is 13.0. The van der Waals surface area contributed by atoms with Gasteiger partial charge in [0.05, 0.1) is 11.7 Å². The van der Waals surface area contributed by atoms with Crippen molar-refractivity contribution in [3.8, 4) is 0 Å². The van der Waals surface area contributed by atoms with Crippen LogP contribution in [0.5, 0.6) is 0 Å². The van der Waals surface area contributed by atoms with Gasteiger partial charge in [0.1, 0.15) is 0 Å². The van der Waals surface area contributed by atoms with Crippen LogP contribution >= 0.6 is 0 Å². The molecular formula is C14H27N3. The quantitative estimate of drug-likeness (QED) is 0.823. The minimum absolute atomic E-state index is 0.531. The summed E-state index contributed by atoms with van der Waals surface area (Å²) in [6.07, 6.45) is 2.30. The lowest BCUT2D eigenvalue weighted by Crippen LogP contribution is -2.16. The molecule has 0 amide bonds. The normalized spacial score (nSPS) is 13.4. The van der Waals surface area contributed by atoms with Gasteiger partial charge in [0, 0.05) is 17.8 Å². The summed E-state index contributed by atoms with van der Waals surface area (Å²) < 4.78 is 2.23. The average molecular weight is 237 g/mol. The average Bonchev–Trinajstić information content (AvgIpc) is 2.57. The van der Waals surface area contributed by atoms with E-state index in [9.17, 15) is 0 Å². The van der Waals surface area contributed by atoms with E-state index in [0.29, 0.717) is 12.0 Å². The molecule has 0 saturated heterocycles. The summed E-state index contributed by atoms with van der Waals surface area (Å²) in [6.45, 7) is 12.1. The van der Waals surface area contributed by atoms with Crippen molar-refractivity contribution in [1.82, 2.24) is 15.1 Å². The lowest BCUT2D eigenvalue weighted by Gasteiger charge is -2.17. The number of aryl methyl sites for hydroxylation is 1. The second-order valence-corrected chi connectivity index (χ2v) is 4.96. The topological polar surface area (TPSA) is 29.9 Å². The lowest BCUT2D eigenvalue weighted by molar-refractivity contribution is 0.417. The summed E-state index contributed by atoms with van der Waals surface area (Å²) in [5.41, 5.74) is 3.96. The molecule has 0 aromatic carbocycles. The van der Waals surface area contributed by atoms with Crippen LogP contribution in [-0.2, 0) is 0 Å². The maximum Gasteiger partial charge on any atom is 0.0631 e. The summed E-state index contributed by atoms with van der Waals surface area (Å²) in [5, 5.41) is 7.99. The van der Waals surface area contributed by atoms with Crippen LogP contribution < -0.4 is 5.32 Å². The van der Waals surface area contributed by atoms with Crippen molar-refractivity contribution in [1.29, 1.82) is 0 Å². The summed E-state index contributed by atoms with van der Waals surface area (Å²) in [7, 11) is 2.01. The highest BCUT2D eigenvalue weighted by molar-refractivity contribution is 5.29. The maximum absolute atomic E-state index is 4.74. The molecule has 1 N–H and O–H groups in total. The first-order valence-corrected chi connectivity index (χ1v) is 6.76. The Morgan fingerprint density at radius 1 is 1.24 bits per heavy atom. The van der Waals surface area contributed by atoms with Crippen LogP contribution in [0.3, 0.4) is 0 Å². The molecule has 0 bridgehead atoms. The van der Waals surface area contributed by atoms with E-state index in [1.54, 1.807) is 0 Å². The third kappa shape index (κ3) is 2.89. The number of nitrogens with one attached hydrogen (secondary N) is 1. The third-order valence-electron chi connectivity index (χ3n) is 3.67. The van der Waals surface area contributed by atoms with Gasteiger partial charge in [0.2, 0.25) is 0 Å². The van der Waals surface area contributed by atoms with E-state index in [-0.39, 0.29) is 0 Å². The van der Waals surface area contributed by atoms with Crippen molar-refractivity contribution >= 4 is 0 Å². The predicted octanol–water partition coefficient (Wildman–Crippen LogP) is 3.18. The fourth-order valence-corrected chi connectivity index (χ4v) is 2.79. The Kier molecular flexibility index (Phi) is 5.19. The summed E-state index contributed by atoms with van der Waals surface area (Å²) in [5.74, 6) is 0.531. The van der Waals surface area contributed by atoms with Gasteiger partial charge in [-0.05, 0) is 39.7 Å². The molecule has 0 saturated carbocycles. The van der Waals surface area contributed by atoms with Gasteiger partial charge in [-0.25, -0.2) is 0 Å². The van der Waals surface area contributed by atoms with Crippen LogP contribution in [0.1, 0.15) is 62.5 Å². The van der Waals surface area contributed by atoms with E-state index in [0.717, 1.165) is 19.4 Å². The van der Waals surface area contributed by atoms with Gasteiger partial charge in [-0.15, -0.1) is 0 Å². The molecule has 1 aromatic rings. The Hall–Kier alpha value is -0.830. The molecule has 3 nitrogen and oxygen atoms in total. The second-order valence-electron chi connectivity index (χ2n) is 4.96. The highest BCUT2D eigenvalue weighted by Crippen LogP contribution is 2.27. The Morgan fingerprint density at radius 2 is 1.82 bits per heavy atom. The lowest BCUT2D eigenvalue weighted by atomic mass is 9.99. The fourth-order valence-electron chi connectivity index (χ4n) is 2.79. The first-order chi connectivity index (χ1) is 8.06. The summed E-state index contributed by atoms with van der Waals surface area (Å²) in [6, 6.07) is 0.546. The molecule has 1 heterocycles. The molecule has 98 valence electrons. The van der Waals surface area contributed by atoms with Crippen LogP contribution in [0.4, 0.5) is 0 Å². The Labute approximate surface area is 106 Å². The van der Waals surface area contributed by atoms with E-state index in [2.05, 4.69) is 44.6 Å². The minimum atomic E-state index is 0.531. The van der Waals surface area contributed by atoms with E-state index >= 15 is 0 Å². The number of rotatable bonds is 6. The smallest absolute Gasteiger partial charge is 0.0631 e. The maximum atomic E-state index is 4.74. The fraction of sp³-hybridized carbons (Fsp3) is 0.786. The molecule has 0 aliphatic carbocycles. The molecule has 1 atom stereocenters. The first kappa shape index (κ1) is 14.2. The number of aromatic nitrogens is 2. The van der Waals surface area contributed by atoms with Gasteiger partial charge < -0.3 is 5.32 Å². The molecule has 3 heteroatoms. The van der Waals surface area contributed by atoms with Crippen LogP contribution in [0, 0.1) is 13.8 Å². The van der Waals surface area contributed by atoms with Crippen LogP contribution in [-0.4, -0.2) is 23.4 Å². The van der Waals surface area contributed by atoms with Gasteiger partial charge in [0.15, 0.2) is 0 Å². The highest BCUT2D eigenvalue weighted by Gasteiger charge is 2.19. The predicted molar refractivity (Wildman–Crippen MR) is 73.7 cm³/mol. The zero-order valence-corrected chi connectivity index (χ0v) is 12.2. The van der Waals surface area contributed by atoms with Crippen molar-refractivity contribution in [3.05, 3.63) is 17.0 Å². The second kappa shape index (κ2) is 6.20. The van der Waals surface area contributed by atoms with Crippen molar-refractivity contribution in [2.45, 2.75) is 59.4 Å². The molecule has 1 unspecified atom stereocenters. The molecule has 0 aliphatic heterocycles. The number of nitrogens with zero attached hydrogens (tertiary/aromatic N) is 2. The SMILES string of the molecule is CCC(CC)n1nc(C)c(C(C)CNC)c1C. The highest BCUT2D eigenvalue weighted by atomic mass is 15.3. The van der Waals surface area contributed by atoms with Gasteiger partial charge in [-0.1, -0.05) is 20.8 Å². The summed E-state index contributed by atoms with van der Waals surface area (Å²) >= 11 is 0. The Bertz CT molecular complexity index is 351. The van der Waals surface area contributed by atoms with Crippen molar-refractivity contribution in [2.24, 2.45) is 0 Å². The molecule has 17 heavy (non-hydrogen) atoms. The number of likely N-dealkylation sites (N-methyl/N-ethyl adjacent to an activating group) is 1. The number of hydrogen-bond donors (Lipinski definition) is 1.